The minimum absolute atomic E-state index is 0.511. The van der Waals surface area contributed by atoms with Gasteiger partial charge in [0.05, 0.1) is 0 Å². The van der Waals surface area contributed by atoms with Gasteiger partial charge in [-0.1, -0.05) is 32.6 Å². The summed E-state index contributed by atoms with van der Waals surface area (Å²) in [6.07, 6.45) is 6.29. The standard InChI is InChI=1S/C12H21NO2/c1-10-8-13(9-10)12(11(14)15)6-4-2-3-5-7-12/h10H,2-9H2,1H3,(H,14,15). The predicted octanol–water partition coefficient (Wildman–Crippen LogP) is 2.12. The van der Waals surface area contributed by atoms with E-state index >= 15 is 0 Å². The molecule has 0 aromatic heterocycles. The van der Waals surface area contributed by atoms with Crippen molar-refractivity contribution in [1.82, 2.24) is 4.90 Å². The summed E-state index contributed by atoms with van der Waals surface area (Å²) in [6.45, 7) is 4.15. The van der Waals surface area contributed by atoms with Gasteiger partial charge in [-0.2, -0.15) is 0 Å². The van der Waals surface area contributed by atoms with Gasteiger partial charge in [-0.15, -0.1) is 0 Å². The number of aliphatic carboxylic acids is 1. The first-order valence-corrected chi connectivity index (χ1v) is 6.13. The summed E-state index contributed by atoms with van der Waals surface area (Å²) in [5.41, 5.74) is -0.511. The van der Waals surface area contributed by atoms with Crippen molar-refractivity contribution in [2.75, 3.05) is 13.1 Å². The van der Waals surface area contributed by atoms with Crippen molar-refractivity contribution in [3.8, 4) is 0 Å². The summed E-state index contributed by atoms with van der Waals surface area (Å²) in [5, 5.41) is 9.49. The van der Waals surface area contributed by atoms with E-state index in [1.807, 2.05) is 0 Å². The molecule has 1 heterocycles. The van der Waals surface area contributed by atoms with Crippen LogP contribution in [0, 0.1) is 5.92 Å². The van der Waals surface area contributed by atoms with Gasteiger partial charge in [-0.05, 0) is 18.8 Å². The van der Waals surface area contributed by atoms with Crippen LogP contribution in [0.1, 0.15) is 45.4 Å². The maximum Gasteiger partial charge on any atom is 0.324 e. The summed E-state index contributed by atoms with van der Waals surface area (Å²) in [6, 6.07) is 0. The molecule has 3 nitrogen and oxygen atoms in total. The Bertz CT molecular complexity index is 238. The molecule has 15 heavy (non-hydrogen) atoms. The van der Waals surface area contributed by atoms with E-state index in [1.165, 1.54) is 12.8 Å². The van der Waals surface area contributed by atoms with E-state index in [9.17, 15) is 9.90 Å². The number of nitrogens with zero attached hydrogens (tertiary/aromatic N) is 1. The second-order valence-corrected chi connectivity index (χ2v) is 5.26. The van der Waals surface area contributed by atoms with Crippen LogP contribution in [0.3, 0.4) is 0 Å². The van der Waals surface area contributed by atoms with E-state index in [4.69, 9.17) is 0 Å². The summed E-state index contributed by atoms with van der Waals surface area (Å²) in [4.78, 5) is 13.7. The molecule has 86 valence electrons. The summed E-state index contributed by atoms with van der Waals surface area (Å²) in [7, 11) is 0. The van der Waals surface area contributed by atoms with Crippen LogP contribution in [0.5, 0.6) is 0 Å². The van der Waals surface area contributed by atoms with Crippen molar-refractivity contribution in [1.29, 1.82) is 0 Å². The highest BCUT2D eigenvalue weighted by Crippen LogP contribution is 2.37. The molecule has 0 unspecified atom stereocenters. The molecule has 0 atom stereocenters. The summed E-state index contributed by atoms with van der Waals surface area (Å²) >= 11 is 0. The third kappa shape index (κ3) is 1.89. The molecule has 0 amide bonds. The Balaban J connectivity index is 2.11. The number of hydrogen-bond donors (Lipinski definition) is 1. The van der Waals surface area contributed by atoms with E-state index in [-0.39, 0.29) is 0 Å². The smallest absolute Gasteiger partial charge is 0.324 e. The lowest BCUT2D eigenvalue weighted by Crippen LogP contribution is -2.62. The van der Waals surface area contributed by atoms with Crippen LogP contribution in [0.2, 0.25) is 0 Å². The first-order chi connectivity index (χ1) is 7.15. The Morgan fingerprint density at radius 3 is 2.13 bits per heavy atom. The van der Waals surface area contributed by atoms with Crippen molar-refractivity contribution >= 4 is 5.97 Å². The van der Waals surface area contributed by atoms with Gasteiger partial charge in [0, 0.05) is 13.1 Å². The van der Waals surface area contributed by atoms with Crippen LogP contribution in [0.4, 0.5) is 0 Å². The average molecular weight is 211 g/mol. The lowest BCUT2D eigenvalue weighted by atomic mass is 9.83. The molecule has 1 aliphatic heterocycles. The van der Waals surface area contributed by atoms with Gasteiger partial charge in [0.2, 0.25) is 0 Å². The molecule has 1 saturated heterocycles. The van der Waals surface area contributed by atoms with Crippen molar-refractivity contribution < 1.29 is 9.90 Å². The van der Waals surface area contributed by atoms with Gasteiger partial charge in [0.1, 0.15) is 5.54 Å². The second-order valence-electron chi connectivity index (χ2n) is 5.26. The highest BCUT2D eigenvalue weighted by Gasteiger charge is 2.47. The maximum absolute atomic E-state index is 11.5. The highest BCUT2D eigenvalue weighted by molar-refractivity contribution is 5.79. The fourth-order valence-corrected chi connectivity index (χ4v) is 3.03. The van der Waals surface area contributed by atoms with Gasteiger partial charge in [-0.3, -0.25) is 9.69 Å². The molecular weight excluding hydrogens is 190 g/mol. The minimum Gasteiger partial charge on any atom is -0.480 e. The molecule has 0 bridgehead atoms. The van der Waals surface area contributed by atoms with Gasteiger partial charge in [0.15, 0.2) is 0 Å². The van der Waals surface area contributed by atoms with Crippen LogP contribution in [-0.4, -0.2) is 34.6 Å². The number of carbonyl (C=O) groups is 1. The molecule has 1 N–H and O–H groups in total. The normalized spacial score (nSPS) is 28.1. The van der Waals surface area contributed by atoms with E-state index in [1.54, 1.807) is 0 Å². The summed E-state index contributed by atoms with van der Waals surface area (Å²) < 4.78 is 0. The monoisotopic (exact) mass is 211 g/mol. The van der Waals surface area contributed by atoms with Crippen LogP contribution >= 0.6 is 0 Å². The first kappa shape index (κ1) is 10.9. The highest BCUT2D eigenvalue weighted by atomic mass is 16.4. The number of rotatable bonds is 2. The molecule has 2 fully saturated rings. The Labute approximate surface area is 91.5 Å². The molecule has 2 aliphatic rings. The van der Waals surface area contributed by atoms with E-state index in [0.717, 1.165) is 38.8 Å². The zero-order valence-electron chi connectivity index (χ0n) is 9.54. The van der Waals surface area contributed by atoms with Gasteiger partial charge in [-0.25, -0.2) is 0 Å². The Hall–Kier alpha value is -0.570. The molecule has 2 rings (SSSR count). The molecule has 3 heteroatoms. The molecule has 0 aromatic rings. The van der Waals surface area contributed by atoms with E-state index < -0.39 is 11.5 Å². The van der Waals surface area contributed by atoms with Crippen molar-refractivity contribution in [3.05, 3.63) is 0 Å². The molecule has 1 saturated carbocycles. The Morgan fingerprint density at radius 2 is 1.73 bits per heavy atom. The number of carboxylic acid groups (broad SMARTS) is 1. The van der Waals surface area contributed by atoms with Crippen molar-refractivity contribution in [3.63, 3.8) is 0 Å². The van der Waals surface area contributed by atoms with Crippen LogP contribution < -0.4 is 0 Å². The fourth-order valence-electron chi connectivity index (χ4n) is 3.03. The second kappa shape index (κ2) is 4.12. The maximum atomic E-state index is 11.5. The van der Waals surface area contributed by atoms with Gasteiger partial charge < -0.3 is 5.11 Å². The molecule has 1 aliphatic carbocycles. The van der Waals surface area contributed by atoms with E-state index in [0.29, 0.717) is 5.92 Å². The van der Waals surface area contributed by atoms with Crippen LogP contribution in [0.15, 0.2) is 0 Å². The van der Waals surface area contributed by atoms with Crippen LogP contribution in [0.25, 0.3) is 0 Å². The molecule has 0 radical (unpaired) electrons. The van der Waals surface area contributed by atoms with Crippen LogP contribution in [-0.2, 0) is 4.79 Å². The SMILES string of the molecule is CC1CN(C2(C(=O)O)CCCCCC2)C1. The Morgan fingerprint density at radius 1 is 1.20 bits per heavy atom. The molecule has 0 aromatic carbocycles. The predicted molar refractivity (Wildman–Crippen MR) is 58.8 cm³/mol. The van der Waals surface area contributed by atoms with Gasteiger partial charge in [0.25, 0.3) is 0 Å². The summed E-state index contributed by atoms with van der Waals surface area (Å²) in [5.74, 6) is 0.0979. The number of hydrogen-bond acceptors (Lipinski definition) is 2. The topological polar surface area (TPSA) is 40.5 Å². The van der Waals surface area contributed by atoms with Crippen molar-refractivity contribution in [2.24, 2.45) is 5.92 Å². The average Bonchev–Trinajstić information content (AvgIpc) is 2.39. The largest absolute Gasteiger partial charge is 0.480 e. The number of carboxylic acids is 1. The van der Waals surface area contributed by atoms with Gasteiger partial charge >= 0.3 is 5.97 Å². The number of likely N-dealkylation sites (tertiary alicyclic amines) is 1. The lowest BCUT2D eigenvalue weighted by Gasteiger charge is -2.49. The molecular formula is C12H21NO2. The fraction of sp³-hybridized carbons (Fsp3) is 0.917. The van der Waals surface area contributed by atoms with E-state index in [2.05, 4.69) is 11.8 Å². The zero-order valence-corrected chi connectivity index (χ0v) is 9.54. The lowest BCUT2D eigenvalue weighted by molar-refractivity contribution is -0.158. The molecule has 0 spiro atoms. The third-order valence-electron chi connectivity index (χ3n) is 4.00. The minimum atomic E-state index is -0.587. The van der Waals surface area contributed by atoms with Crippen molar-refractivity contribution in [2.45, 2.75) is 51.0 Å². The quantitative estimate of drug-likeness (QED) is 0.711. The third-order valence-corrected chi connectivity index (χ3v) is 4.00. The Kier molecular flexibility index (Phi) is 3.01. The zero-order chi connectivity index (χ0) is 10.9. The first-order valence-electron chi connectivity index (χ1n) is 6.13.